The SMILES string of the molecule is COc1nc(Nn2cccc2)ncc1Br. The van der Waals surface area contributed by atoms with Gasteiger partial charge in [0.2, 0.25) is 11.8 Å². The fourth-order valence-electron chi connectivity index (χ4n) is 1.07. The first kappa shape index (κ1) is 9.97. The van der Waals surface area contributed by atoms with Gasteiger partial charge in [-0.25, -0.2) is 4.98 Å². The number of hydrogen-bond donors (Lipinski definition) is 1. The molecule has 2 heterocycles. The molecule has 2 rings (SSSR count). The van der Waals surface area contributed by atoms with Crippen LogP contribution in [-0.4, -0.2) is 21.8 Å². The van der Waals surface area contributed by atoms with Gasteiger partial charge in [-0.1, -0.05) is 0 Å². The summed E-state index contributed by atoms with van der Waals surface area (Å²) in [6.07, 6.45) is 5.35. The summed E-state index contributed by atoms with van der Waals surface area (Å²) in [5, 5.41) is 0. The van der Waals surface area contributed by atoms with E-state index in [0.29, 0.717) is 11.8 Å². The zero-order valence-corrected chi connectivity index (χ0v) is 9.60. The highest BCUT2D eigenvalue weighted by molar-refractivity contribution is 9.10. The molecule has 1 N–H and O–H groups in total. The number of hydrogen-bond acceptors (Lipinski definition) is 4. The number of methoxy groups -OCH3 is 1. The third kappa shape index (κ3) is 2.27. The first-order valence-electron chi connectivity index (χ1n) is 4.26. The normalized spacial score (nSPS) is 10.0. The molecule has 0 aliphatic rings. The van der Waals surface area contributed by atoms with E-state index in [0.717, 1.165) is 4.47 Å². The van der Waals surface area contributed by atoms with Gasteiger partial charge in [0.05, 0.1) is 17.8 Å². The maximum atomic E-state index is 5.06. The van der Waals surface area contributed by atoms with Gasteiger partial charge in [0.15, 0.2) is 0 Å². The summed E-state index contributed by atoms with van der Waals surface area (Å²) in [7, 11) is 1.56. The van der Waals surface area contributed by atoms with E-state index in [4.69, 9.17) is 4.74 Å². The average Bonchev–Trinajstić information content (AvgIpc) is 2.73. The molecule has 2 aromatic heterocycles. The molecule has 0 radical (unpaired) electrons. The van der Waals surface area contributed by atoms with Crippen LogP contribution in [0.15, 0.2) is 35.2 Å². The van der Waals surface area contributed by atoms with Gasteiger partial charge in [-0.15, -0.1) is 0 Å². The molecule has 15 heavy (non-hydrogen) atoms. The fraction of sp³-hybridized carbons (Fsp3) is 0.111. The quantitative estimate of drug-likeness (QED) is 0.924. The van der Waals surface area contributed by atoms with Crippen LogP contribution in [0, 0.1) is 0 Å². The predicted molar refractivity (Wildman–Crippen MR) is 59.7 cm³/mol. The summed E-state index contributed by atoms with van der Waals surface area (Å²) < 4.78 is 7.54. The van der Waals surface area contributed by atoms with Crippen LogP contribution in [0.25, 0.3) is 0 Å². The average molecular weight is 269 g/mol. The van der Waals surface area contributed by atoms with Gasteiger partial charge in [0.1, 0.15) is 0 Å². The Balaban J connectivity index is 2.22. The molecule has 0 aromatic carbocycles. The minimum absolute atomic E-state index is 0.478. The molecule has 0 bridgehead atoms. The summed E-state index contributed by atoms with van der Waals surface area (Å²) in [6, 6.07) is 3.81. The maximum absolute atomic E-state index is 5.06. The van der Waals surface area contributed by atoms with Gasteiger partial charge in [-0.2, -0.15) is 4.98 Å². The highest BCUT2D eigenvalue weighted by atomic mass is 79.9. The molecule has 0 atom stereocenters. The molecule has 0 aliphatic heterocycles. The molecule has 0 spiro atoms. The number of halogens is 1. The molecule has 6 heteroatoms. The zero-order valence-electron chi connectivity index (χ0n) is 8.01. The number of ether oxygens (including phenoxy) is 1. The topological polar surface area (TPSA) is 52.0 Å². The minimum Gasteiger partial charge on any atom is -0.480 e. The highest BCUT2D eigenvalue weighted by Crippen LogP contribution is 2.21. The lowest BCUT2D eigenvalue weighted by atomic mass is 10.6. The molecule has 0 aliphatic carbocycles. The summed E-state index contributed by atoms with van der Waals surface area (Å²) in [5.41, 5.74) is 2.98. The van der Waals surface area contributed by atoms with E-state index in [1.54, 1.807) is 18.0 Å². The third-order valence-corrected chi connectivity index (χ3v) is 2.28. The van der Waals surface area contributed by atoms with Crippen LogP contribution < -0.4 is 10.2 Å². The van der Waals surface area contributed by atoms with Gasteiger partial charge in [0, 0.05) is 12.4 Å². The first-order valence-corrected chi connectivity index (χ1v) is 5.05. The number of aromatic nitrogens is 3. The Hall–Kier alpha value is -1.56. The monoisotopic (exact) mass is 268 g/mol. The number of nitrogens with one attached hydrogen (secondary N) is 1. The molecular weight excluding hydrogens is 260 g/mol. The zero-order chi connectivity index (χ0) is 10.7. The van der Waals surface area contributed by atoms with Crippen LogP contribution in [0.4, 0.5) is 5.95 Å². The summed E-state index contributed by atoms with van der Waals surface area (Å²) in [4.78, 5) is 8.25. The second-order valence-electron chi connectivity index (χ2n) is 2.75. The standard InChI is InChI=1S/C9H9BrN4O/c1-15-8-7(10)6-11-9(12-8)13-14-4-2-3-5-14/h2-6H,1H3,(H,11,12,13). The van der Waals surface area contributed by atoms with Crippen LogP contribution in [-0.2, 0) is 0 Å². The smallest absolute Gasteiger partial charge is 0.245 e. The molecule has 0 fully saturated rings. The van der Waals surface area contributed by atoms with Gasteiger partial charge in [0.25, 0.3) is 0 Å². The Morgan fingerprint density at radius 2 is 2.13 bits per heavy atom. The van der Waals surface area contributed by atoms with Crippen molar-refractivity contribution < 1.29 is 4.74 Å². The molecule has 0 unspecified atom stereocenters. The lowest BCUT2D eigenvalue weighted by Crippen LogP contribution is -2.09. The Bertz CT molecular complexity index is 443. The van der Waals surface area contributed by atoms with Crippen molar-refractivity contribution >= 4 is 21.9 Å². The largest absolute Gasteiger partial charge is 0.480 e. The van der Waals surface area contributed by atoms with E-state index in [1.807, 2.05) is 24.5 Å². The lowest BCUT2D eigenvalue weighted by Gasteiger charge is -2.07. The third-order valence-electron chi connectivity index (χ3n) is 1.74. The van der Waals surface area contributed by atoms with E-state index in [-0.39, 0.29) is 0 Å². The van der Waals surface area contributed by atoms with Gasteiger partial charge >= 0.3 is 0 Å². The van der Waals surface area contributed by atoms with Crippen LogP contribution in [0.1, 0.15) is 0 Å². The molecule has 0 amide bonds. The van der Waals surface area contributed by atoms with Crippen molar-refractivity contribution in [3.8, 4) is 5.88 Å². The first-order chi connectivity index (χ1) is 7.29. The summed E-state index contributed by atoms with van der Waals surface area (Å²) in [5.74, 6) is 0.978. The van der Waals surface area contributed by atoms with Crippen molar-refractivity contribution in [2.45, 2.75) is 0 Å². The number of nitrogens with zero attached hydrogens (tertiary/aromatic N) is 3. The van der Waals surface area contributed by atoms with E-state index in [9.17, 15) is 0 Å². The van der Waals surface area contributed by atoms with Crippen molar-refractivity contribution in [3.63, 3.8) is 0 Å². The van der Waals surface area contributed by atoms with Crippen molar-refractivity contribution in [2.24, 2.45) is 0 Å². The van der Waals surface area contributed by atoms with Gasteiger partial charge in [-0.3, -0.25) is 10.1 Å². The van der Waals surface area contributed by atoms with E-state index < -0.39 is 0 Å². The lowest BCUT2D eigenvalue weighted by molar-refractivity contribution is 0.394. The van der Waals surface area contributed by atoms with Crippen molar-refractivity contribution in [2.75, 3.05) is 12.5 Å². The van der Waals surface area contributed by atoms with Crippen molar-refractivity contribution in [1.29, 1.82) is 0 Å². The summed E-state index contributed by atoms with van der Waals surface area (Å²) >= 11 is 3.28. The molecule has 78 valence electrons. The molecule has 5 nitrogen and oxygen atoms in total. The van der Waals surface area contributed by atoms with E-state index in [1.165, 1.54) is 0 Å². The Labute approximate surface area is 95.2 Å². The maximum Gasteiger partial charge on any atom is 0.245 e. The van der Waals surface area contributed by atoms with Crippen LogP contribution in [0.2, 0.25) is 0 Å². The summed E-state index contributed by atoms with van der Waals surface area (Å²) in [6.45, 7) is 0. The van der Waals surface area contributed by atoms with Crippen LogP contribution in [0.3, 0.4) is 0 Å². The highest BCUT2D eigenvalue weighted by Gasteiger charge is 2.04. The Kier molecular flexibility index (Phi) is 2.86. The van der Waals surface area contributed by atoms with Crippen molar-refractivity contribution in [3.05, 3.63) is 35.2 Å². The van der Waals surface area contributed by atoms with Gasteiger partial charge < -0.3 is 4.74 Å². The second-order valence-corrected chi connectivity index (χ2v) is 3.61. The number of anilines is 1. The van der Waals surface area contributed by atoms with Crippen LogP contribution >= 0.6 is 15.9 Å². The predicted octanol–water partition coefficient (Wildman–Crippen LogP) is 1.92. The van der Waals surface area contributed by atoms with E-state index >= 15 is 0 Å². The second kappa shape index (κ2) is 4.31. The molecule has 0 saturated carbocycles. The Morgan fingerprint density at radius 1 is 1.40 bits per heavy atom. The van der Waals surface area contributed by atoms with Crippen molar-refractivity contribution in [1.82, 2.24) is 14.6 Å². The van der Waals surface area contributed by atoms with Gasteiger partial charge in [-0.05, 0) is 28.1 Å². The number of rotatable bonds is 3. The van der Waals surface area contributed by atoms with Crippen LogP contribution in [0.5, 0.6) is 5.88 Å². The Morgan fingerprint density at radius 3 is 2.80 bits per heavy atom. The molecule has 2 aromatic rings. The molecule has 0 saturated heterocycles. The fourth-order valence-corrected chi connectivity index (χ4v) is 1.43. The minimum atomic E-state index is 0.478. The molecular formula is C9H9BrN4O. The van der Waals surface area contributed by atoms with E-state index in [2.05, 4.69) is 31.3 Å².